The molecule has 0 fully saturated rings. The fourth-order valence-corrected chi connectivity index (χ4v) is 2.70. The third kappa shape index (κ3) is 3.56. The van der Waals surface area contributed by atoms with Crippen molar-refractivity contribution >= 4 is 16.8 Å². The number of hydrogen-bond donors (Lipinski definition) is 2. The highest BCUT2D eigenvalue weighted by Crippen LogP contribution is 2.23. The summed E-state index contributed by atoms with van der Waals surface area (Å²) in [6.07, 6.45) is 4.49. The van der Waals surface area contributed by atoms with Crippen LogP contribution < -0.4 is 5.32 Å². The van der Waals surface area contributed by atoms with Crippen molar-refractivity contribution in [3.8, 4) is 0 Å². The van der Waals surface area contributed by atoms with Crippen molar-refractivity contribution in [1.29, 1.82) is 0 Å². The Hall–Kier alpha value is -2.69. The molecular formula is C18H18FN3O. The lowest BCUT2D eigenvalue weighted by Crippen LogP contribution is -2.27. The van der Waals surface area contributed by atoms with Gasteiger partial charge in [0.15, 0.2) is 0 Å². The number of carbonyl (C=O) groups is 1. The van der Waals surface area contributed by atoms with Gasteiger partial charge in [0.2, 0.25) is 5.91 Å². The fraction of sp³-hybridized carbons (Fsp3) is 0.222. The average Bonchev–Trinajstić information content (AvgIpc) is 2.84. The molecule has 2 aromatic heterocycles. The lowest BCUT2D eigenvalue weighted by Gasteiger charge is -2.06. The topological polar surface area (TPSA) is 57.8 Å². The SMILES string of the molecule is Cc1[nH]c2ccc(F)cc2c1CC(=O)NCCc1cccnc1. The van der Waals surface area contributed by atoms with Crippen molar-refractivity contribution in [2.24, 2.45) is 0 Å². The lowest BCUT2D eigenvalue weighted by atomic mass is 10.1. The minimum atomic E-state index is -0.297. The van der Waals surface area contributed by atoms with Crippen molar-refractivity contribution in [3.63, 3.8) is 0 Å². The summed E-state index contributed by atoms with van der Waals surface area (Å²) in [4.78, 5) is 19.4. The number of nitrogens with zero attached hydrogens (tertiary/aromatic N) is 1. The molecule has 0 unspecified atom stereocenters. The molecule has 2 N–H and O–H groups in total. The Kier molecular flexibility index (Phi) is 4.37. The number of hydrogen-bond acceptors (Lipinski definition) is 2. The minimum Gasteiger partial charge on any atom is -0.358 e. The maximum absolute atomic E-state index is 13.4. The molecule has 4 nitrogen and oxygen atoms in total. The molecule has 0 bridgehead atoms. The molecule has 2 heterocycles. The van der Waals surface area contributed by atoms with Gasteiger partial charge >= 0.3 is 0 Å². The number of halogens is 1. The summed E-state index contributed by atoms with van der Waals surface area (Å²) in [5.41, 5.74) is 3.67. The Morgan fingerprint density at radius 2 is 2.22 bits per heavy atom. The summed E-state index contributed by atoms with van der Waals surface area (Å²) < 4.78 is 13.4. The molecule has 0 radical (unpaired) electrons. The fourth-order valence-electron chi connectivity index (χ4n) is 2.70. The highest BCUT2D eigenvalue weighted by Gasteiger charge is 2.13. The van der Waals surface area contributed by atoms with Gasteiger partial charge in [0.25, 0.3) is 0 Å². The number of aryl methyl sites for hydroxylation is 1. The Morgan fingerprint density at radius 3 is 3.00 bits per heavy atom. The van der Waals surface area contributed by atoms with Crippen molar-refractivity contribution in [2.75, 3.05) is 6.54 Å². The second kappa shape index (κ2) is 6.60. The quantitative estimate of drug-likeness (QED) is 0.761. The number of benzene rings is 1. The molecule has 3 aromatic rings. The van der Waals surface area contributed by atoms with Gasteiger partial charge in [-0.1, -0.05) is 6.07 Å². The van der Waals surface area contributed by atoms with Gasteiger partial charge in [-0.15, -0.1) is 0 Å². The highest BCUT2D eigenvalue weighted by molar-refractivity contribution is 5.90. The molecule has 5 heteroatoms. The molecule has 118 valence electrons. The molecular weight excluding hydrogens is 293 g/mol. The second-order valence-electron chi connectivity index (χ2n) is 5.56. The number of amides is 1. The van der Waals surface area contributed by atoms with Crippen LogP contribution in [0, 0.1) is 12.7 Å². The van der Waals surface area contributed by atoms with Gasteiger partial charge < -0.3 is 10.3 Å². The van der Waals surface area contributed by atoms with Gasteiger partial charge in [-0.25, -0.2) is 4.39 Å². The zero-order chi connectivity index (χ0) is 16.2. The first-order valence-corrected chi connectivity index (χ1v) is 7.56. The normalized spacial score (nSPS) is 10.9. The molecule has 0 atom stereocenters. The van der Waals surface area contributed by atoms with E-state index in [0.29, 0.717) is 6.54 Å². The predicted molar refractivity (Wildman–Crippen MR) is 87.6 cm³/mol. The first-order chi connectivity index (χ1) is 11.1. The standard InChI is InChI=1S/C18H18FN3O/c1-12-15(16-9-14(19)4-5-17(16)22-12)10-18(23)21-8-6-13-3-2-7-20-11-13/h2-5,7,9,11,22H,6,8,10H2,1H3,(H,21,23). The van der Waals surface area contributed by atoms with E-state index in [1.807, 2.05) is 19.1 Å². The lowest BCUT2D eigenvalue weighted by molar-refractivity contribution is -0.120. The number of H-pyrrole nitrogens is 1. The minimum absolute atomic E-state index is 0.0675. The summed E-state index contributed by atoms with van der Waals surface area (Å²) in [7, 11) is 0. The van der Waals surface area contributed by atoms with E-state index in [1.54, 1.807) is 18.5 Å². The van der Waals surface area contributed by atoms with E-state index in [4.69, 9.17) is 0 Å². The van der Waals surface area contributed by atoms with Crippen LogP contribution in [-0.4, -0.2) is 22.4 Å². The third-order valence-corrected chi connectivity index (χ3v) is 3.88. The van der Waals surface area contributed by atoms with Gasteiger partial charge in [0.05, 0.1) is 6.42 Å². The van der Waals surface area contributed by atoms with E-state index in [1.165, 1.54) is 12.1 Å². The molecule has 23 heavy (non-hydrogen) atoms. The van der Waals surface area contributed by atoms with E-state index in [2.05, 4.69) is 15.3 Å². The average molecular weight is 311 g/mol. The van der Waals surface area contributed by atoms with Crippen LogP contribution in [0.2, 0.25) is 0 Å². The van der Waals surface area contributed by atoms with Crippen LogP contribution in [0.3, 0.4) is 0 Å². The summed E-state index contributed by atoms with van der Waals surface area (Å²) in [5.74, 6) is -0.364. The van der Waals surface area contributed by atoms with E-state index in [0.717, 1.165) is 34.1 Å². The number of pyridine rings is 1. The predicted octanol–water partition coefficient (Wildman–Crippen LogP) is 2.91. The van der Waals surface area contributed by atoms with Crippen molar-refractivity contribution in [1.82, 2.24) is 15.3 Å². The maximum atomic E-state index is 13.4. The van der Waals surface area contributed by atoms with E-state index in [-0.39, 0.29) is 18.1 Å². The third-order valence-electron chi connectivity index (χ3n) is 3.88. The van der Waals surface area contributed by atoms with Crippen LogP contribution >= 0.6 is 0 Å². The molecule has 3 rings (SSSR count). The molecule has 0 aliphatic heterocycles. The summed E-state index contributed by atoms with van der Waals surface area (Å²) in [6.45, 7) is 2.45. The number of aromatic nitrogens is 2. The number of carbonyl (C=O) groups excluding carboxylic acids is 1. The Bertz CT molecular complexity index is 827. The summed E-state index contributed by atoms with van der Waals surface area (Å²) in [5, 5.41) is 3.67. The van der Waals surface area contributed by atoms with Gasteiger partial charge in [-0.3, -0.25) is 9.78 Å². The van der Waals surface area contributed by atoms with Crippen molar-refractivity contribution in [3.05, 3.63) is 65.4 Å². The molecule has 0 aliphatic carbocycles. The molecule has 0 aliphatic rings. The molecule has 0 spiro atoms. The smallest absolute Gasteiger partial charge is 0.224 e. The molecule has 0 saturated heterocycles. The largest absolute Gasteiger partial charge is 0.358 e. The maximum Gasteiger partial charge on any atom is 0.224 e. The molecule has 0 saturated carbocycles. The van der Waals surface area contributed by atoms with E-state index >= 15 is 0 Å². The van der Waals surface area contributed by atoms with Gasteiger partial charge in [0.1, 0.15) is 5.82 Å². The van der Waals surface area contributed by atoms with Crippen LogP contribution in [0.25, 0.3) is 10.9 Å². The number of aromatic amines is 1. The number of nitrogens with one attached hydrogen (secondary N) is 2. The summed E-state index contributed by atoms with van der Waals surface area (Å²) >= 11 is 0. The van der Waals surface area contributed by atoms with Gasteiger partial charge in [-0.2, -0.15) is 0 Å². The molecule has 1 aromatic carbocycles. The second-order valence-corrected chi connectivity index (χ2v) is 5.56. The van der Waals surface area contributed by atoms with Gasteiger partial charge in [0, 0.05) is 35.5 Å². The highest BCUT2D eigenvalue weighted by atomic mass is 19.1. The van der Waals surface area contributed by atoms with Crippen LogP contribution in [0.5, 0.6) is 0 Å². The zero-order valence-electron chi connectivity index (χ0n) is 12.9. The first kappa shape index (κ1) is 15.2. The van der Waals surface area contributed by atoms with Crippen molar-refractivity contribution in [2.45, 2.75) is 19.8 Å². The van der Waals surface area contributed by atoms with Crippen LogP contribution in [0.1, 0.15) is 16.8 Å². The Labute approximate surface area is 133 Å². The number of rotatable bonds is 5. The molecule has 1 amide bonds. The van der Waals surface area contributed by atoms with E-state index < -0.39 is 0 Å². The monoisotopic (exact) mass is 311 g/mol. The zero-order valence-corrected chi connectivity index (χ0v) is 12.9. The Morgan fingerprint density at radius 1 is 1.35 bits per heavy atom. The summed E-state index contributed by atoms with van der Waals surface area (Å²) in [6, 6.07) is 8.43. The van der Waals surface area contributed by atoms with Crippen LogP contribution in [0.4, 0.5) is 4.39 Å². The van der Waals surface area contributed by atoms with Crippen molar-refractivity contribution < 1.29 is 9.18 Å². The Balaban J connectivity index is 1.64. The first-order valence-electron chi connectivity index (χ1n) is 7.56. The van der Waals surface area contributed by atoms with Gasteiger partial charge in [-0.05, 0) is 48.7 Å². The van der Waals surface area contributed by atoms with Crippen LogP contribution in [-0.2, 0) is 17.6 Å². The number of fused-ring (bicyclic) bond motifs is 1. The van der Waals surface area contributed by atoms with E-state index in [9.17, 15) is 9.18 Å². The van der Waals surface area contributed by atoms with Crippen LogP contribution in [0.15, 0.2) is 42.7 Å².